The van der Waals surface area contributed by atoms with Crippen molar-refractivity contribution >= 4 is 5.91 Å². The molecule has 0 radical (unpaired) electrons. The molecule has 106 valence electrons. The molecule has 1 fully saturated rings. The molecule has 0 aromatic carbocycles. The van der Waals surface area contributed by atoms with Crippen LogP contribution in [0.1, 0.15) is 71.1 Å². The summed E-state index contributed by atoms with van der Waals surface area (Å²) >= 11 is 0. The molecule has 0 unspecified atom stereocenters. The van der Waals surface area contributed by atoms with Gasteiger partial charge in [0.2, 0.25) is 5.91 Å². The number of unbranched alkanes of at least 4 members (excludes halogenated alkanes) is 6. The van der Waals surface area contributed by atoms with Gasteiger partial charge in [0.05, 0.1) is 0 Å². The number of nitrogens with zero attached hydrogens (tertiary/aromatic N) is 1. The van der Waals surface area contributed by atoms with Gasteiger partial charge in [0.15, 0.2) is 0 Å². The zero-order valence-corrected chi connectivity index (χ0v) is 12.0. The third-order valence-corrected chi connectivity index (χ3v) is 3.67. The molecule has 1 amide bonds. The predicted molar refractivity (Wildman–Crippen MR) is 76.4 cm³/mol. The zero-order valence-electron chi connectivity index (χ0n) is 12.0. The van der Waals surface area contributed by atoms with E-state index < -0.39 is 0 Å². The highest BCUT2D eigenvalue weighted by Crippen LogP contribution is 2.27. The van der Waals surface area contributed by atoms with E-state index in [9.17, 15) is 4.79 Å². The van der Waals surface area contributed by atoms with Crippen molar-refractivity contribution in [1.29, 1.82) is 0 Å². The van der Waals surface area contributed by atoms with E-state index in [1.54, 1.807) is 0 Å². The molecule has 0 aromatic rings. The molecule has 3 heteroatoms. The van der Waals surface area contributed by atoms with E-state index in [4.69, 9.17) is 5.73 Å². The highest BCUT2D eigenvalue weighted by atomic mass is 16.2. The quantitative estimate of drug-likeness (QED) is 0.576. The summed E-state index contributed by atoms with van der Waals surface area (Å²) in [5.41, 5.74) is 5.56. The second kappa shape index (κ2) is 9.37. The summed E-state index contributed by atoms with van der Waals surface area (Å²) in [7, 11) is 0. The maximum absolute atomic E-state index is 12.0. The van der Waals surface area contributed by atoms with Crippen molar-refractivity contribution in [3.8, 4) is 0 Å². The molecule has 2 N–H and O–H groups in total. The Morgan fingerprint density at radius 2 is 1.72 bits per heavy atom. The van der Waals surface area contributed by atoms with Gasteiger partial charge in [-0.15, -0.1) is 0 Å². The minimum atomic E-state index is 0.330. The van der Waals surface area contributed by atoms with Crippen LogP contribution in [-0.4, -0.2) is 29.9 Å². The molecule has 1 saturated carbocycles. The van der Waals surface area contributed by atoms with E-state index in [1.165, 1.54) is 51.4 Å². The number of nitrogens with two attached hydrogens (primary N) is 1. The first-order valence-corrected chi connectivity index (χ1v) is 7.79. The lowest BCUT2D eigenvalue weighted by Gasteiger charge is -2.21. The van der Waals surface area contributed by atoms with Crippen LogP contribution in [0.4, 0.5) is 0 Å². The fraction of sp³-hybridized carbons (Fsp3) is 0.933. The Balaban J connectivity index is 2.01. The monoisotopic (exact) mass is 254 g/mol. The predicted octanol–water partition coefficient (Wildman–Crippen LogP) is 3.08. The number of hydrogen-bond acceptors (Lipinski definition) is 2. The number of rotatable bonds is 11. The van der Waals surface area contributed by atoms with Crippen LogP contribution in [0.3, 0.4) is 0 Å². The van der Waals surface area contributed by atoms with Crippen LogP contribution in [0.5, 0.6) is 0 Å². The van der Waals surface area contributed by atoms with Gasteiger partial charge >= 0.3 is 0 Å². The summed E-state index contributed by atoms with van der Waals surface area (Å²) in [5.74, 6) is 0.330. The van der Waals surface area contributed by atoms with Crippen molar-refractivity contribution in [3.05, 3.63) is 0 Å². The molecule has 0 aromatic heterocycles. The first-order chi connectivity index (χ1) is 8.79. The van der Waals surface area contributed by atoms with E-state index in [-0.39, 0.29) is 0 Å². The van der Waals surface area contributed by atoms with Crippen molar-refractivity contribution in [3.63, 3.8) is 0 Å². The van der Waals surface area contributed by atoms with E-state index in [0.717, 1.165) is 19.4 Å². The Kier molecular flexibility index (Phi) is 8.06. The lowest BCUT2D eigenvalue weighted by atomic mass is 10.1. The molecule has 18 heavy (non-hydrogen) atoms. The zero-order chi connectivity index (χ0) is 13.2. The summed E-state index contributed by atoms with van der Waals surface area (Å²) in [6.45, 7) is 3.59. The lowest BCUT2D eigenvalue weighted by Crippen LogP contribution is -2.36. The molecule has 0 spiro atoms. The van der Waals surface area contributed by atoms with Crippen molar-refractivity contribution in [1.82, 2.24) is 4.90 Å². The Morgan fingerprint density at radius 3 is 2.28 bits per heavy atom. The molecule has 0 aliphatic heterocycles. The number of carbonyl (C=O) groups is 1. The van der Waals surface area contributed by atoms with Crippen LogP contribution in [0.15, 0.2) is 0 Å². The Hall–Kier alpha value is -0.570. The fourth-order valence-electron chi connectivity index (χ4n) is 2.41. The molecular weight excluding hydrogens is 224 g/mol. The Morgan fingerprint density at radius 1 is 1.11 bits per heavy atom. The summed E-state index contributed by atoms with van der Waals surface area (Å²) in [6.07, 6.45) is 12.0. The molecule has 0 atom stereocenters. The third kappa shape index (κ3) is 6.39. The van der Waals surface area contributed by atoms with Crippen LogP contribution in [-0.2, 0) is 4.79 Å². The summed E-state index contributed by atoms with van der Waals surface area (Å²) in [5, 5.41) is 0. The highest BCUT2D eigenvalue weighted by molar-refractivity contribution is 5.76. The molecule has 0 saturated heterocycles. The smallest absolute Gasteiger partial charge is 0.222 e. The maximum Gasteiger partial charge on any atom is 0.222 e. The van der Waals surface area contributed by atoms with Gasteiger partial charge in [-0.1, -0.05) is 45.4 Å². The summed E-state index contributed by atoms with van der Waals surface area (Å²) in [6, 6.07) is 0.519. The second-order valence-corrected chi connectivity index (χ2v) is 5.48. The number of carbonyl (C=O) groups excluding carboxylic acids is 1. The van der Waals surface area contributed by atoms with Crippen molar-refractivity contribution in [2.24, 2.45) is 5.73 Å². The Bertz CT molecular complexity index is 227. The highest BCUT2D eigenvalue weighted by Gasteiger charge is 2.31. The number of hydrogen-bond donors (Lipinski definition) is 1. The van der Waals surface area contributed by atoms with Crippen molar-refractivity contribution < 1.29 is 4.79 Å². The van der Waals surface area contributed by atoms with Crippen LogP contribution >= 0.6 is 0 Å². The first-order valence-electron chi connectivity index (χ1n) is 7.79. The standard InChI is InChI=1S/C15H30N2O/c1-2-3-4-5-6-7-8-9-15(18)17(13-12-16)14-10-11-14/h14H,2-13,16H2,1H3. The minimum absolute atomic E-state index is 0.330. The van der Waals surface area contributed by atoms with Gasteiger partial charge in [0.1, 0.15) is 0 Å². The summed E-state index contributed by atoms with van der Waals surface area (Å²) < 4.78 is 0. The van der Waals surface area contributed by atoms with E-state index in [2.05, 4.69) is 6.92 Å². The van der Waals surface area contributed by atoms with Crippen molar-refractivity contribution in [2.45, 2.75) is 77.2 Å². The average Bonchev–Trinajstić information content (AvgIpc) is 3.19. The van der Waals surface area contributed by atoms with E-state index in [1.807, 2.05) is 4.90 Å². The van der Waals surface area contributed by atoms with Gasteiger partial charge in [-0.25, -0.2) is 0 Å². The van der Waals surface area contributed by atoms with E-state index >= 15 is 0 Å². The normalized spacial score (nSPS) is 14.8. The topological polar surface area (TPSA) is 46.3 Å². The SMILES string of the molecule is CCCCCCCCCC(=O)N(CCN)C1CC1. The van der Waals surface area contributed by atoms with Crippen LogP contribution in [0.25, 0.3) is 0 Å². The molecule has 1 rings (SSSR count). The lowest BCUT2D eigenvalue weighted by molar-refractivity contribution is -0.131. The molecule has 3 nitrogen and oxygen atoms in total. The van der Waals surface area contributed by atoms with Gasteiger partial charge in [-0.3, -0.25) is 4.79 Å². The molecule has 1 aliphatic rings. The fourth-order valence-corrected chi connectivity index (χ4v) is 2.41. The third-order valence-electron chi connectivity index (χ3n) is 3.67. The van der Waals surface area contributed by atoms with Gasteiger partial charge in [-0.2, -0.15) is 0 Å². The van der Waals surface area contributed by atoms with Gasteiger partial charge < -0.3 is 10.6 Å². The minimum Gasteiger partial charge on any atom is -0.338 e. The molecule has 0 bridgehead atoms. The molecular formula is C15H30N2O. The second-order valence-electron chi connectivity index (χ2n) is 5.48. The van der Waals surface area contributed by atoms with Crippen LogP contribution in [0, 0.1) is 0 Å². The first kappa shape index (κ1) is 15.5. The van der Waals surface area contributed by atoms with Crippen LogP contribution < -0.4 is 5.73 Å². The van der Waals surface area contributed by atoms with Gasteiger partial charge in [-0.05, 0) is 19.3 Å². The van der Waals surface area contributed by atoms with Gasteiger partial charge in [0, 0.05) is 25.6 Å². The van der Waals surface area contributed by atoms with E-state index in [0.29, 0.717) is 18.5 Å². The van der Waals surface area contributed by atoms with Crippen molar-refractivity contribution in [2.75, 3.05) is 13.1 Å². The number of amides is 1. The Labute approximate surface area is 112 Å². The largest absolute Gasteiger partial charge is 0.338 e. The maximum atomic E-state index is 12.0. The van der Waals surface area contributed by atoms with Crippen LogP contribution in [0.2, 0.25) is 0 Å². The molecule has 0 heterocycles. The molecule has 1 aliphatic carbocycles. The average molecular weight is 254 g/mol. The summed E-state index contributed by atoms with van der Waals surface area (Å²) in [4.78, 5) is 14.0. The van der Waals surface area contributed by atoms with Gasteiger partial charge in [0.25, 0.3) is 0 Å².